The fourth-order valence-electron chi connectivity index (χ4n) is 3.83. The number of rotatable bonds is 8. The fraction of sp³-hybridized carbons (Fsp3) is 0.571. The summed E-state index contributed by atoms with van der Waals surface area (Å²) < 4.78 is 6.85. The number of likely N-dealkylation sites (tertiary alicyclic amines) is 1. The summed E-state index contributed by atoms with van der Waals surface area (Å²) >= 11 is 0. The van der Waals surface area contributed by atoms with Crippen LogP contribution in [0.25, 0.3) is 0 Å². The number of furan rings is 1. The molecule has 6 nitrogen and oxygen atoms in total. The lowest BCUT2D eigenvalue weighted by Crippen LogP contribution is -2.28. The Morgan fingerprint density at radius 1 is 1.30 bits per heavy atom. The topological polar surface area (TPSA) is 68.3 Å². The molecule has 1 fully saturated rings. The van der Waals surface area contributed by atoms with Crippen LogP contribution in [0.3, 0.4) is 0 Å². The van der Waals surface area contributed by atoms with E-state index in [0.717, 1.165) is 30.0 Å². The Labute approximate surface area is 160 Å². The maximum Gasteiger partial charge on any atom is 0.252 e. The molecule has 6 heteroatoms. The maximum atomic E-state index is 13.0. The molecule has 1 amide bonds. The Kier molecular flexibility index (Phi) is 6.14. The Morgan fingerprint density at radius 3 is 2.81 bits per heavy atom. The molecule has 0 bridgehead atoms. The van der Waals surface area contributed by atoms with E-state index >= 15 is 0 Å². The van der Waals surface area contributed by atoms with Gasteiger partial charge in [-0.05, 0) is 44.4 Å². The number of hydrogen-bond acceptors (Lipinski definition) is 4. The second-order valence-electron chi connectivity index (χ2n) is 7.46. The van der Waals surface area contributed by atoms with Crippen molar-refractivity contribution in [2.75, 3.05) is 6.54 Å². The summed E-state index contributed by atoms with van der Waals surface area (Å²) in [4.78, 5) is 27.0. The van der Waals surface area contributed by atoms with Gasteiger partial charge < -0.3 is 9.32 Å². The summed E-state index contributed by atoms with van der Waals surface area (Å²) in [6.45, 7) is 6.96. The molecule has 27 heavy (non-hydrogen) atoms. The zero-order valence-electron chi connectivity index (χ0n) is 16.5. The smallest absolute Gasteiger partial charge is 0.252 e. The normalized spacial score (nSPS) is 17.1. The molecule has 1 atom stereocenters. The van der Waals surface area contributed by atoms with E-state index in [-0.39, 0.29) is 24.2 Å². The molecule has 3 heterocycles. The van der Waals surface area contributed by atoms with Crippen molar-refractivity contribution in [2.24, 2.45) is 5.92 Å². The van der Waals surface area contributed by atoms with Crippen molar-refractivity contribution >= 4 is 11.8 Å². The lowest BCUT2D eigenvalue weighted by atomic mass is 10.0. The number of hydrogen-bond donors (Lipinski definition) is 0. The first kappa shape index (κ1) is 19.4. The SMILES string of the molecule is CCCCCCc1c(C)nn(C(=O)C2CC(=O)N(Cc3ccco3)C2)c1C. The highest BCUT2D eigenvalue weighted by Crippen LogP contribution is 2.24. The van der Waals surface area contributed by atoms with Gasteiger partial charge in [0.25, 0.3) is 5.91 Å². The molecule has 1 aliphatic rings. The first-order valence-electron chi connectivity index (χ1n) is 9.90. The number of amides is 1. The van der Waals surface area contributed by atoms with E-state index in [4.69, 9.17) is 4.42 Å². The number of unbranched alkanes of at least 4 members (excludes halogenated alkanes) is 3. The summed E-state index contributed by atoms with van der Waals surface area (Å²) in [7, 11) is 0. The molecular weight excluding hydrogens is 342 g/mol. The highest BCUT2D eigenvalue weighted by Gasteiger charge is 2.36. The molecule has 0 aromatic carbocycles. The highest BCUT2D eigenvalue weighted by molar-refractivity contribution is 5.90. The summed E-state index contributed by atoms with van der Waals surface area (Å²) in [5, 5.41) is 4.50. The van der Waals surface area contributed by atoms with E-state index < -0.39 is 0 Å². The minimum Gasteiger partial charge on any atom is -0.467 e. The predicted octanol–water partition coefficient (Wildman–Crippen LogP) is 3.90. The second kappa shape index (κ2) is 8.55. The zero-order valence-corrected chi connectivity index (χ0v) is 16.5. The van der Waals surface area contributed by atoms with E-state index in [1.807, 2.05) is 19.9 Å². The standard InChI is InChI=1S/C21H29N3O3/c1-4-5-6-7-10-19-15(2)22-24(16(19)3)21(26)17-12-20(25)23(13-17)14-18-9-8-11-27-18/h8-9,11,17H,4-7,10,12-14H2,1-3H3. The highest BCUT2D eigenvalue weighted by atomic mass is 16.3. The first-order chi connectivity index (χ1) is 13.0. The number of carbonyl (C=O) groups excluding carboxylic acids is 2. The van der Waals surface area contributed by atoms with Crippen LogP contribution in [0.4, 0.5) is 0 Å². The summed E-state index contributed by atoms with van der Waals surface area (Å²) in [5.41, 5.74) is 3.02. The van der Waals surface area contributed by atoms with E-state index in [0.29, 0.717) is 13.1 Å². The van der Waals surface area contributed by atoms with Gasteiger partial charge in [-0.3, -0.25) is 9.59 Å². The van der Waals surface area contributed by atoms with Gasteiger partial charge in [0.1, 0.15) is 5.76 Å². The molecule has 2 aromatic heterocycles. The molecule has 3 rings (SSSR count). The molecule has 0 saturated carbocycles. The van der Waals surface area contributed by atoms with Crippen LogP contribution in [0.2, 0.25) is 0 Å². The van der Waals surface area contributed by atoms with Gasteiger partial charge in [-0.25, -0.2) is 4.68 Å². The van der Waals surface area contributed by atoms with Crippen LogP contribution in [-0.4, -0.2) is 33.0 Å². The fourth-order valence-corrected chi connectivity index (χ4v) is 3.83. The van der Waals surface area contributed by atoms with E-state index in [1.54, 1.807) is 17.2 Å². The average Bonchev–Trinajstić information content (AvgIpc) is 3.35. The number of nitrogens with zero attached hydrogens (tertiary/aromatic N) is 3. The van der Waals surface area contributed by atoms with Crippen LogP contribution in [0.1, 0.15) is 66.5 Å². The number of aryl methyl sites for hydroxylation is 1. The van der Waals surface area contributed by atoms with E-state index in [1.165, 1.54) is 29.5 Å². The Hall–Kier alpha value is -2.37. The van der Waals surface area contributed by atoms with Gasteiger partial charge in [0.05, 0.1) is 24.4 Å². The van der Waals surface area contributed by atoms with Crippen molar-refractivity contribution < 1.29 is 14.0 Å². The van der Waals surface area contributed by atoms with Crippen molar-refractivity contribution in [1.82, 2.24) is 14.7 Å². The Balaban J connectivity index is 1.66. The number of aromatic nitrogens is 2. The van der Waals surface area contributed by atoms with Gasteiger partial charge in [0.2, 0.25) is 5.91 Å². The minimum atomic E-state index is -0.349. The third kappa shape index (κ3) is 4.31. The first-order valence-corrected chi connectivity index (χ1v) is 9.90. The molecule has 0 radical (unpaired) electrons. The Bertz CT molecular complexity index is 792. The Morgan fingerprint density at radius 2 is 2.11 bits per heavy atom. The van der Waals surface area contributed by atoms with Gasteiger partial charge in [-0.15, -0.1) is 0 Å². The molecule has 0 N–H and O–H groups in total. The molecule has 0 spiro atoms. The van der Waals surface area contributed by atoms with Crippen molar-refractivity contribution in [3.05, 3.63) is 41.1 Å². The summed E-state index contributed by atoms with van der Waals surface area (Å²) in [6, 6.07) is 3.64. The maximum absolute atomic E-state index is 13.0. The van der Waals surface area contributed by atoms with Crippen molar-refractivity contribution in [3.63, 3.8) is 0 Å². The van der Waals surface area contributed by atoms with Crippen LogP contribution in [0.15, 0.2) is 22.8 Å². The van der Waals surface area contributed by atoms with E-state index in [9.17, 15) is 9.59 Å². The van der Waals surface area contributed by atoms with Gasteiger partial charge in [0, 0.05) is 18.7 Å². The monoisotopic (exact) mass is 371 g/mol. The second-order valence-corrected chi connectivity index (χ2v) is 7.46. The molecular formula is C21H29N3O3. The van der Waals surface area contributed by atoms with Gasteiger partial charge in [-0.2, -0.15) is 5.10 Å². The molecule has 0 aliphatic carbocycles. The number of carbonyl (C=O) groups is 2. The quantitative estimate of drug-likeness (QED) is 0.660. The van der Waals surface area contributed by atoms with Crippen molar-refractivity contribution in [2.45, 2.75) is 65.8 Å². The minimum absolute atomic E-state index is 0.00827. The summed E-state index contributed by atoms with van der Waals surface area (Å²) in [5.74, 6) is 0.298. The van der Waals surface area contributed by atoms with E-state index in [2.05, 4.69) is 12.0 Å². The van der Waals surface area contributed by atoms with Crippen LogP contribution < -0.4 is 0 Å². The van der Waals surface area contributed by atoms with Crippen LogP contribution >= 0.6 is 0 Å². The van der Waals surface area contributed by atoms with Crippen molar-refractivity contribution in [1.29, 1.82) is 0 Å². The molecule has 2 aromatic rings. The van der Waals surface area contributed by atoms with Gasteiger partial charge >= 0.3 is 0 Å². The van der Waals surface area contributed by atoms with Crippen LogP contribution in [0, 0.1) is 19.8 Å². The molecule has 1 unspecified atom stereocenters. The average molecular weight is 371 g/mol. The van der Waals surface area contributed by atoms with Crippen molar-refractivity contribution in [3.8, 4) is 0 Å². The zero-order chi connectivity index (χ0) is 19.4. The van der Waals surface area contributed by atoms with Crippen LogP contribution in [-0.2, 0) is 17.8 Å². The molecule has 1 aliphatic heterocycles. The lowest BCUT2D eigenvalue weighted by molar-refractivity contribution is -0.128. The lowest BCUT2D eigenvalue weighted by Gasteiger charge is -2.15. The van der Waals surface area contributed by atoms with Gasteiger partial charge in [-0.1, -0.05) is 26.2 Å². The van der Waals surface area contributed by atoms with Crippen LogP contribution in [0.5, 0.6) is 0 Å². The largest absolute Gasteiger partial charge is 0.467 e. The third-order valence-corrected chi connectivity index (χ3v) is 5.42. The van der Waals surface area contributed by atoms with Gasteiger partial charge in [0.15, 0.2) is 0 Å². The molecule has 146 valence electrons. The molecule has 1 saturated heterocycles. The summed E-state index contributed by atoms with van der Waals surface area (Å²) in [6.07, 6.45) is 7.56. The predicted molar refractivity (Wildman–Crippen MR) is 102 cm³/mol. The third-order valence-electron chi connectivity index (χ3n) is 5.42.